The first kappa shape index (κ1) is 10.5. The van der Waals surface area contributed by atoms with Crippen molar-refractivity contribution in [2.24, 2.45) is 0 Å². The third-order valence-corrected chi connectivity index (χ3v) is 2.68. The SMILES string of the molecule is Cc1ccc2nnc(-c3ccc(O)c(N)c3)n2n1. The molecule has 0 atom stereocenters. The van der Waals surface area contributed by atoms with Crippen LogP contribution in [0, 0.1) is 6.92 Å². The largest absolute Gasteiger partial charge is 0.506 e. The van der Waals surface area contributed by atoms with Crippen molar-refractivity contribution in [1.29, 1.82) is 0 Å². The van der Waals surface area contributed by atoms with Crippen LogP contribution in [0.15, 0.2) is 30.3 Å². The molecule has 2 heterocycles. The van der Waals surface area contributed by atoms with Crippen LogP contribution in [0.4, 0.5) is 5.69 Å². The van der Waals surface area contributed by atoms with Gasteiger partial charge in [0.15, 0.2) is 11.5 Å². The van der Waals surface area contributed by atoms with Crippen molar-refractivity contribution < 1.29 is 5.11 Å². The van der Waals surface area contributed by atoms with Crippen LogP contribution in [0.3, 0.4) is 0 Å². The van der Waals surface area contributed by atoms with Crippen LogP contribution >= 0.6 is 0 Å². The third kappa shape index (κ3) is 1.55. The van der Waals surface area contributed by atoms with Crippen LogP contribution in [-0.2, 0) is 0 Å². The van der Waals surface area contributed by atoms with Gasteiger partial charge in [0.05, 0.1) is 11.4 Å². The van der Waals surface area contributed by atoms with Crippen LogP contribution < -0.4 is 5.73 Å². The lowest BCUT2D eigenvalue weighted by atomic mass is 10.2. The van der Waals surface area contributed by atoms with Gasteiger partial charge in [0.2, 0.25) is 0 Å². The summed E-state index contributed by atoms with van der Waals surface area (Å²) in [6.45, 7) is 1.90. The van der Waals surface area contributed by atoms with E-state index in [0.29, 0.717) is 17.2 Å². The lowest BCUT2D eigenvalue weighted by Crippen LogP contribution is -1.97. The number of hydrogen-bond acceptors (Lipinski definition) is 5. The highest BCUT2D eigenvalue weighted by Crippen LogP contribution is 2.26. The Morgan fingerprint density at radius 1 is 1.17 bits per heavy atom. The zero-order valence-corrected chi connectivity index (χ0v) is 9.70. The van der Waals surface area contributed by atoms with Crippen LogP contribution in [0.25, 0.3) is 17.0 Å². The normalized spacial score (nSPS) is 10.9. The summed E-state index contributed by atoms with van der Waals surface area (Å²) in [5.41, 5.74) is 8.28. The molecule has 0 fully saturated rings. The van der Waals surface area contributed by atoms with Gasteiger partial charge in [-0.3, -0.25) is 0 Å². The summed E-state index contributed by atoms with van der Waals surface area (Å²) in [7, 11) is 0. The smallest absolute Gasteiger partial charge is 0.185 e. The van der Waals surface area contributed by atoms with Gasteiger partial charge >= 0.3 is 0 Å². The topological polar surface area (TPSA) is 89.3 Å². The number of rotatable bonds is 1. The number of nitrogen functional groups attached to an aromatic ring is 1. The lowest BCUT2D eigenvalue weighted by Gasteiger charge is -2.02. The first-order chi connectivity index (χ1) is 8.65. The van der Waals surface area contributed by atoms with Gasteiger partial charge < -0.3 is 10.8 Å². The Morgan fingerprint density at radius 3 is 2.78 bits per heavy atom. The van der Waals surface area contributed by atoms with E-state index in [-0.39, 0.29) is 5.75 Å². The van der Waals surface area contributed by atoms with E-state index in [1.54, 1.807) is 16.6 Å². The maximum atomic E-state index is 9.42. The number of benzene rings is 1. The number of aromatic hydroxyl groups is 1. The molecule has 6 nitrogen and oxygen atoms in total. The molecular weight excluding hydrogens is 230 g/mol. The molecular formula is C12H11N5O. The first-order valence-corrected chi connectivity index (χ1v) is 5.43. The molecule has 0 radical (unpaired) electrons. The molecule has 0 saturated heterocycles. The van der Waals surface area contributed by atoms with Crippen molar-refractivity contribution in [3.05, 3.63) is 36.0 Å². The highest BCUT2D eigenvalue weighted by molar-refractivity contribution is 5.67. The van der Waals surface area contributed by atoms with Gasteiger partial charge in [-0.2, -0.15) is 9.61 Å². The van der Waals surface area contributed by atoms with E-state index in [1.165, 1.54) is 6.07 Å². The molecule has 0 aliphatic heterocycles. The maximum absolute atomic E-state index is 9.42. The average molecular weight is 241 g/mol. The second-order valence-corrected chi connectivity index (χ2v) is 4.04. The third-order valence-electron chi connectivity index (χ3n) is 2.68. The van der Waals surface area contributed by atoms with Gasteiger partial charge in [-0.05, 0) is 37.3 Å². The van der Waals surface area contributed by atoms with E-state index in [4.69, 9.17) is 5.73 Å². The second kappa shape index (κ2) is 3.69. The summed E-state index contributed by atoms with van der Waals surface area (Å²) in [6.07, 6.45) is 0. The predicted molar refractivity (Wildman–Crippen MR) is 67.0 cm³/mol. The minimum atomic E-state index is 0.0525. The van der Waals surface area contributed by atoms with E-state index in [2.05, 4.69) is 15.3 Å². The fraction of sp³-hybridized carbons (Fsp3) is 0.0833. The number of hydrogen-bond donors (Lipinski definition) is 2. The van der Waals surface area contributed by atoms with Gasteiger partial charge in [-0.25, -0.2) is 0 Å². The van der Waals surface area contributed by atoms with E-state index in [1.807, 2.05) is 19.1 Å². The molecule has 0 bridgehead atoms. The number of phenols is 1. The number of nitrogens with two attached hydrogens (primary N) is 1. The molecule has 18 heavy (non-hydrogen) atoms. The fourth-order valence-corrected chi connectivity index (χ4v) is 1.75. The highest BCUT2D eigenvalue weighted by atomic mass is 16.3. The Labute approximate surface area is 103 Å². The van der Waals surface area contributed by atoms with Gasteiger partial charge in [0.1, 0.15) is 5.75 Å². The van der Waals surface area contributed by atoms with Crippen molar-refractivity contribution in [3.8, 4) is 17.1 Å². The molecule has 1 aromatic carbocycles. The summed E-state index contributed by atoms with van der Waals surface area (Å²) >= 11 is 0. The minimum absolute atomic E-state index is 0.0525. The summed E-state index contributed by atoms with van der Waals surface area (Å²) in [6, 6.07) is 8.63. The van der Waals surface area contributed by atoms with Crippen molar-refractivity contribution in [2.45, 2.75) is 6.92 Å². The van der Waals surface area contributed by atoms with E-state index in [0.717, 1.165) is 11.3 Å². The number of fused-ring (bicyclic) bond motifs is 1. The number of aromatic nitrogens is 4. The number of anilines is 1. The zero-order valence-electron chi connectivity index (χ0n) is 9.70. The van der Waals surface area contributed by atoms with E-state index >= 15 is 0 Å². The van der Waals surface area contributed by atoms with Gasteiger partial charge in [-0.15, -0.1) is 10.2 Å². The Morgan fingerprint density at radius 2 is 2.00 bits per heavy atom. The molecule has 3 aromatic rings. The van der Waals surface area contributed by atoms with Crippen LogP contribution in [0.5, 0.6) is 5.75 Å². The average Bonchev–Trinajstić information content (AvgIpc) is 2.75. The molecule has 0 amide bonds. The second-order valence-electron chi connectivity index (χ2n) is 4.04. The van der Waals surface area contributed by atoms with Crippen molar-refractivity contribution in [1.82, 2.24) is 19.8 Å². The Hall–Kier alpha value is -2.63. The molecule has 6 heteroatoms. The van der Waals surface area contributed by atoms with Crippen molar-refractivity contribution in [2.75, 3.05) is 5.73 Å². The molecule has 3 rings (SSSR count). The lowest BCUT2D eigenvalue weighted by molar-refractivity contribution is 0.478. The quantitative estimate of drug-likeness (QED) is 0.496. The van der Waals surface area contributed by atoms with Gasteiger partial charge in [0, 0.05) is 5.56 Å². The van der Waals surface area contributed by atoms with Gasteiger partial charge in [0.25, 0.3) is 0 Å². The first-order valence-electron chi connectivity index (χ1n) is 5.43. The maximum Gasteiger partial charge on any atom is 0.185 e. The standard InChI is InChI=1S/C12H11N5O/c1-7-2-5-11-14-15-12(17(11)16-7)8-3-4-10(18)9(13)6-8/h2-6,18H,13H2,1H3. The van der Waals surface area contributed by atoms with E-state index < -0.39 is 0 Å². The Kier molecular flexibility index (Phi) is 2.16. The predicted octanol–water partition coefficient (Wildman–Crippen LogP) is 1.39. The molecule has 0 aliphatic rings. The molecule has 0 spiro atoms. The van der Waals surface area contributed by atoms with Crippen LogP contribution in [0.2, 0.25) is 0 Å². The fourth-order valence-electron chi connectivity index (χ4n) is 1.75. The van der Waals surface area contributed by atoms with Crippen LogP contribution in [-0.4, -0.2) is 24.9 Å². The van der Waals surface area contributed by atoms with Gasteiger partial charge in [-0.1, -0.05) is 0 Å². The summed E-state index contributed by atoms with van der Waals surface area (Å²) in [4.78, 5) is 0. The summed E-state index contributed by atoms with van der Waals surface area (Å²) < 4.78 is 1.65. The summed E-state index contributed by atoms with van der Waals surface area (Å²) in [5, 5.41) is 21.9. The molecule has 2 aromatic heterocycles. The Balaban J connectivity index is 2.24. The van der Waals surface area contributed by atoms with E-state index in [9.17, 15) is 5.11 Å². The van der Waals surface area contributed by atoms with Crippen molar-refractivity contribution >= 4 is 11.3 Å². The monoisotopic (exact) mass is 241 g/mol. The minimum Gasteiger partial charge on any atom is -0.506 e. The molecule has 0 saturated carbocycles. The zero-order chi connectivity index (χ0) is 12.7. The highest BCUT2D eigenvalue weighted by Gasteiger charge is 2.10. The van der Waals surface area contributed by atoms with Crippen molar-refractivity contribution in [3.63, 3.8) is 0 Å². The molecule has 90 valence electrons. The van der Waals surface area contributed by atoms with Crippen LogP contribution in [0.1, 0.15) is 5.69 Å². The molecule has 0 aliphatic carbocycles. The molecule has 3 N–H and O–H groups in total. The Bertz CT molecular complexity index is 734. The molecule has 0 unspecified atom stereocenters. The number of nitrogens with zero attached hydrogens (tertiary/aromatic N) is 4. The summed E-state index contributed by atoms with van der Waals surface area (Å²) in [5.74, 6) is 0.650. The number of aryl methyl sites for hydroxylation is 1. The number of phenolic OH excluding ortho intramolecular Hbond substituents is 1.